The van der Waals surface area contributed by atoms with Crippen molar-refractivity contribution in [3.8, 4) is 11.5 Å². The third kappa shape index (κ3) is 6.17. The Labute approximate surface area is 161 Å². The fourth-order valence-electron chi connectivity index (χ4n) is 2.16. The molecule has 27 heavy (non-hydrogen) atoms. The first-order valence-electron chi connectivity index (χ1n) is 8.58. The molecule has 0 spiro atoms. The molecule has 0 fully saturated rings. The maximum atomic E-state index is 12.0. The molecule has 0 bridgehead atoms. The Morgan fingerprint density at radius 2 is 1.89 bits per heavy atom. The fourth-order valence-corrected chi connectivity index (χ4v) is 2.94. The number of benzene rings is 1. The van der Waals surface area contributed by atoms with Crippen LogP contribution in [-0.2, 0) is 11.3 Å². The van der Waals surface area contributed by atoms with Crippen molar-refractivity contribution in [1.29, 1.82) is 0 Å². The van der Waals surface area contributed by atoms with E-state index in [1.807, 2.05) is 25.3 Å². The van der Waals surface area contributed by atoms with Crippen molar-refractivity contribution in [2.24, 2.45) is 0 Å². The average Bonchev–Trinajstić information content (AvgIpc) is 3.10. The van der Waals surface area contributed by atoms with Crippen molar-refractivity contribution in [3.05, 3.63) is 24.5 Å². The fraction of sp³-hybridized carbons (Fsp3) is 0.412. The van der Waals surface area contributed by atoms with E-state index in [1.54, 1.807) is 24.5 Å². The second-order valence-corrected chi connectivity index (χ2v) is 6.16. The van der Waals surface area contributed by atoms with Crippen LogP contribution in [0, 0.1) is 0 Å². The summed E-state index contributed by atoms with van der Waals surface area (Å²) >= 11 is 1.21. The summed E-state index contributed by atoms with van der Waals surface area (Å²) in [6, 6.07) is 4.41. The number of nitrogens with zero attached hydrogens (tertiary/aromatic N) is 3. The van der Waals surface area contributed by atoms with Gasteiger partial charge in [-0.05, 0) is 32.9 Å². The molecule has 0 aliphatic carbocycles. The quantitative estimate of drug-likeness (QED) is 0.630. The summed E-state index contributed by atoms with van der Waals surface area (Å²) in [6.07, 6.45) is 1.59. The Balaban J connectivity index is 1.88. The Morgan fingerprint density at radius 1 is 1.15 bits per heavy atom. The van der Waals surface area contributed by atoms with Gasteiger partial charge >= 0.3 is 6.03 Å². The summed E-state index contributed by atoms with van der Waals surface area (Å²) < 4.78 is 12.8. The van der Waals surface area contributed by atoms with Crippen LogP contribution in [-0.4, -0.2) is 45.7 Å². The molecule has 1 aromatic heterocycles. The van der Waals surface area contributed by atoms with Gasteiger partial charge in [0.1, 0.15) is 6.33 Å². The molecule has 146 valence electrons. The Morgan fingerprint density at radius 3 is 2.59 bits per heavy atom. The van der Waals surface area contributed by atoms with E-state index in [0.717, 1.165) is 0 Å². The lowest BCUT2D eigenvalue weighted by Gasteiger charge is -2.13. The predicted molar refractivity (Wildman–Crippen MR) is 102 cm³/mol. The Bertz CT molecular complexity index is 780. The molecular weight excluding hydrogens is 370 g/mol. The minimum atomic E-state index is -0.621. The summed E-state index contributed by atoms with van der Waals surface area (Å²) in [7, 11) is 0. The minimum Gasteiger partial charge on any atom is -0.490 e. The van der Waals surface area contributed by atoms with Crippen molar-refractivity contribution in [2.45, 2.75) is 32.5 Å². The van der Waals surface area contributed by atoms with Crippen LogP contribution >= 0.6 is 11.8 Å². The Kier molecular flexibility index (Phi) is 7.93. The SMILES string of the molecule is CCOc1ccc(NC(=O)NC(=O)CSc2nncn2CC)cc1OCC. The topological polar surface area (TPSA) is 107 Å². The van der Waals surface area contributed by atoms with Gasteiger partial charge in [0, 0.05) is 18.3 Å². The summed E-state index contributed by atoms with van der Waals surface area (Å²) in [6.45, 7) is 7.37. The first kappa shape index (κ1) is 20.6. The number of hydrogen-bond acceptors (Lipinski definition) is 7. The number of thioether (sulfide) groups is 1. The molecule has 1 aromatic carbocycles. The van der Waals surface area contributed by atoms with Crippen molar-refractivity contribution >= 4 is 29.4 Å². The molecule has 1 heterocycles. The molecule has 0 unspecified atom stereocenters. The van der Waals surface area contributed by atoms with E-state index in [-0.39, 0.29) is 5.75 Å². The van der Waals surface area contributed by atoms with E-state index < -0.39 is 11.9 Å². The van der Waals surface area contributed by atoms with Gasteiger partial charge in [0.05, 0.1) is 19.0 Å². The summed E-state index contributed by atoms with van der Waals surface area (Å²) in [5, 5.41) is 13.2. The molecule has 0 saturated carbocycles. The lowest BCUT2D eigenvalue weighted by atomic mass is 10.2. The number of carbonyl (C=O) groups is 2. The van der Waals surface area contributed by atoms with Crippen molar-refractivity contribution in [3.63, 3.8) is 0 Å². The van der Waals surface area contributed by atoms with Gasteiger partial charge in [-0.2, -0.15) is 0 Å². The molecule has 0 aliphatic heterocycles. The predicted octanol–water partition coefficient (Wildman–Crippen LogP) is 2.54. The summed E-state index contributed by atoms with van der Waals surface area (Å²) in [4.78, 5) is 24.0. The molecule has 9 nitrogen and oxygen atoms in total. The second-order valence-electron chi connectivity index (χ2n) is 5.22. The second kappa shape index (κ2) is 10.4. The first-order chi connectivity index (χ1) is 13.1. The molecule has 0 aliphatic rings. The van der Waals surface area contributed by atoms with E-state index in [9.17, 15) is 9.59 Å². The van der Waals surface area contributed by atoms with Gasteiger partial charge in [0.2, 0.25) is 5.91 Å². The largest absolute Gasteiger partial charge is 0.490 e. The number of ether oxygens (including phenoxy) is 2. The molecule has 2 rings (SSSR count). The van der Waals surface area contributed by atoms with Crippen LogP contribution in [0.2, 0.25) is 0 Å². The molecular formula is C17H23N5O4S. The zero-order valence-electron chi connectivity index (χ0n) is 15.5. The number of carbonyl (C=O) groups excluding carboxylic acids is 2. The zero-order chi connectivity index (χ0) is 19.6. The monoisotopic (exact) mass is 393 g/mol. The standard InChI is InChI=1S/C17H23N5O4S/c1-4-22-11-18-21-17(22)27-10-15(23)20-16(24)19-12-7-8-13(25-5-2)14(9-12)26-6-3/h7-9,11H,4-6,10H2,1-3H3,(H2,19,20,23,24). The number of hydrogen-bond donors (Lipinski definition) is 2. The van der Waals surface area contributed by atoms with E-state index in [1.165, 1.54) is 11.8 Å². The van der Waals surface area contributed by atoms with E-state index in [4.69, 9.17) is 9.47 Å². The number of rotatable bonds is 9. The Hall–Kier alpha value is -2.75. The zero-order valence-corrected chi connectivity index (χ0v) is 16.3. The van der Waals surface area contributed by atoms with Crippen LogP contribution in [0.4, 0.5) is 10.5 Å². The van der Waals surface area contributed by atoms with E-state index in [0.29, 0.717) is 42.1 Å². The number of urea groups is 1. The van der Waals surface area contributed by atoms with Crippen LogP contribution in [0.1, 0.15) is 20.8 Å². The lowest BCUT2D eigenvalue weighted by molar-refractivity contribution is -0.117. The summed E-state index contributed by atoms with van der Waals surface area (Å²) in [5.41, 5.74) is 0.491. The maximum absolute atomic E-state index is 12.0. The van der Waals surface area contributed by atoms with E-state index in [2.05, 4.69) is 20.8 Å². The molecule has 3 amide bonds. The number of anilines is 1. The number of aromatic nitrogens is 3. The highest BCUT2D eigenvalue weighted by Crippen LogP contribution is 2.30. The van der Waals surface area contributed by atoms with Gasteiger partial charge in [0.15, 0.2) is 16.7 Å². The third-order valence-electron chi connectivity index (χ3n) is 3.31. The maximum Gasteiger partial charge on any atom is 0.325 e. The molecule has 0 saturated heterocycles. The van der Waals surface area contributed by atoms with Crippen LogP contribution < -0.4 is 20.1 Å². The van der Waals surface area contributed by atoms with Gasteiger partial charge in [-0.1, -0.05) is 11.8 Å². The average molecular weight is 393 g/mol. The smallest absolute Gasteiger partial charge is 0.325 e. The number of amides is 3. The van der Waals surface area contributed by atoms with Crippen LogP contribution in [0.15, 0.2) is 29.7 Å². The van der Waals surface area contributed by atoms with Crippen molar-refractivity contribution in [1.82, 2.24) is 20.1 Å². The number of nitrogens with one attached hydrogen (secondary N) is 2. The third-order valence-corrected chi connectivity index (χ3v) is 4.29. The van der Waals surface area contributed by atoms with Gasteiger partial charge in [-0.15, -0.1) is 10.2 Å². The van der Waals surface area contributed by atoms with Gasteiger partial charge in [0.25, 0.3) is 0 Å². The molecule has 0 radical (unpaired) electrons. The number of aryl methyl sites for hydroxylation is 1. The molecule has 10 heteroatoms. The summed E-state index contributed by atoms with van der Waals surface area (Å²) in [5.74, 6) is 0.745. The molecule has 0 atom stereocenters. The number of imide groups is 1. The lowest BCUT2D eigenvalue weighted by Crippen LogP contribution is -2.35. The van der Waals surface area contributed by atoms with Crippen molar-refractivity contribution in [2.75, 3.05) is 24.3 Å². The van der Waals surface area contributed by atoms with Crippen LogP contribution in [0.25, 0.3) is 0 Å². The molecule has 2 N–H and O–H groups in total. The highest BCUT2D eigenvalue weighted by molar-refractivity contribution is 7.99. The van der Waals surface area contributed by atoms with Crippen LogP contribution in [0.5, 0.6) is 11.5 Å². The van der Waals surface area contributed by atoms with E-state index >= 15 is 0 Å². The first-order valence-corrected chi connectivity index (χ1v) is 9.56. The van der Waals surface area contributed by atoms with Crippen LogP contribution in [0.3, 0.4) is 0 Å². The highest BCUT2D eigenvalue weighted by atomic mass is 32.2. The van der Waals surface area contributed by atoms with Gasteiger partial charge in [-0.3, -0.25) is 10.1 Å². The highest BCUT2D eigenvalue weighted by Gasteiger charge is 2.12. The molecule has 2 aromatic rings. The van der Waals surface area contributed by atoms with Gasteiger partial charge in [-0.25, -0.2) is 4.79 Å². The van der Waals surface area contributed by atoms with Crippen molar-refractivity contribution < 1.29 is 19.1 Å². The van der Waals surface area contributed by atoms with Gasteiger partial charge < -0.3 is 19.4 Å². The normalized spacial score (nSPS) is 10.3. The minimum absolute atomic E-state index is 0.0551.